The van der Waals surface area contributed by atoms with Crippen molar-refractivity contribution in [2.45, 2.75) is 58.5 Å². The monoisotopic (exact) mass is 394 g/mol. The molecule has 2 aromatic rings. The molecule has 0 spiro atoms. The summed E-state index contributed by atoms with van der Waals surface area (Å²) in [6.07, 6.45) is 1.63. The van der Waals surface area contributed by atoms with Crippen LogP contribution < -0.4 is 5.32 Å². The minimum Gasteiger partial charge on any atom is -0.353 e. The molecule has 148 valence electrons. The number of pyridine rings is 1. The number of halogens is 1. The first-order valence-electron chi connectivity index (χ1n) is 8.82. The van der Waals surface area contributed by atoms with Gasteiger partial charge < -0.3 is 14.4 Å². The highest BCUT2D eigenvalue weighted by Crippen LogP contribution is 2.64. The molecule has 1 heterocycles. The van der Waals surface area contributed by atoms with Gasteiger partial charge >= 0.3 is 7.60 Å². The Balaban J connectivity index is 2.54. The van der Waals surface area contributed by atoms with E-state index in [2.05, 4.69) is 10.3 Å². The van der Waals surface area contributed by atoms with Crippen LogP contribution in [0.1, 0.15) is 52.9 Å². The number of anilines is 1. The Bertz CT molecular complexity index is 764. The highest BCUT2D eigenvalue weighted by molar-refractivity contribution is 7.54. The highest BCUT2D eigenvalue weighted by atomic mass is 31.2. The molecule has 1 N–H and O–H groups in total. The van der Waals surface area contributed by atoms with Crippen molar-refractivity contribution in [2.75, 3.05) is 5.32 Å². The number of benzene rings is 1. The Hall–Kier alpha value is -1.75. The van der Waals surface area contributed by atoms with Gasteiger partial charge in [-0.25, -0.2) is 9.37 Å². The van der Waals surface area contributed by atoms with Crippen LogP contribution in [0.25, 0.3) is 0 Å². The molecule has 0 aliphatic carbocycles. The summed E-state index contributed by atoms with van der Waals surface area (Å²) in [5.41, 5.74) is -0.853. The van der Waals surface area contributed by atoms with E-state index >= 15 is 0 Å². The van der Waals surface area contributed by atoms with Gasteiger partial charge in [-0.1, -0.05) is 18.2 Å². The number of nitrogens with zero attached hydrogens (tertiary/aromatic N) is 1. The lowest BCUT2D eigenvalue weighted by Crippen LogP contribution is -2.28. The van der Waals surface area contributed by atoms with Gasteiger partial charge in [-0.2, -0.15) is 0 Å². The van der Waals surface area contributed by atoms with Crippen molar-refractivity contribution >= 4 is 13.4 Å². The second kappa shape index (κ2) is 8.09. The standard InChI is InChI=1S/C20H28FN2O3P/c1-19(2,3)25-27(24,26-20(4,5)6)18(15-10-12-16(21)13-11-15)23-17-9-7-8-14-22-17/h7-14,18H,1-6H3,(H,22,23). The third-order valence-electron chi connectivity index (χ3n) is 3.25. The van der Waals surface area contributed by atoms with Crippen molar-refractivity contribution in [2.24, 2.45) is 0 Å². The number of rotatable bonds is 6. The summed E-state index contributed by atoms with van der Waals surface area (Å²) in [4.78, 5) is 4.25. The van der Waals surface area contributed by atoms with E-state index in [-0.39, 0.29) is 5.82 Å². The molecule has 0 saturated heterocycles. The third kappa shape index (κ3) is 6.73. The van der Waals surface area contributed by atoms with Crippen molar-refractivity contribution in [1.29, 1.82) is 0 Å². The summed E-state index contributed by atoms with van der Waals surface area (Å²) in [5, 5.41) is 3.15. The maximum absolute atomic E-state index is 14.0. The number of hydrogen-bond acceptors (Lipinski definition) is 5. The van der Waals surface area contributed by atoms with E-state index in [4.69, 9.17) is 9.05 Å². The second-order valence-electron chi connectivity index (χ2n) is 8.26. The zero-order chi connectivity index (χ0) is 20.3. The first-order valence-corrected chi connectivity index (χ1v) is 10.4. The fourth-order valence-corrected chi connectivity index (χ4v) is 5.07. The minimum absolute atomic E-state index is 0.376. The molecule has 0 bridgehead atoms. The predicted molar refractivity (Wildman–Crippen MR) is 106 cm³/mol. The van der Waals surface area contributed by atoms with Gasteiger partial charge in [-0.3, -0.25) is 4.57 Å². The SMILES string of the molecule is CC(C)(C)OP(=O)(OC(C)(C)C)C(Nc1ccccn1)c1ccc(F)cc1. The summed E-state index contributed by atoms with van der Waals surface area (Å²) in [6, 6.07) is 11.1. The molecular formula is C20H28FN2O3P. The molecule has 1 aromatic carbocycles. The smallest absolute Gasteiger partial charge is 0.353 e. The van der Waals surface area contributed by atoms with Gasteiger partial charge in [-0.15, -0.1) is 0 Å². The lowest BCUT2D eigenvalue weighted by atomic mass is 10.2. The van der Waals surface area contributed by atoms with Crippen LogP contribution in [-0.2, 0) is 13.6 Å². The van der Waals surface area contributed by atoms with Crippen LogP contribution in [0, 0.1) is 5.82 Å². The molecule has 7 heteroatoms. The molecule has 0 radical (unpaired) electrons. The molecule has 0 fully saturated rings. The van der Waals surface area contributed by atoms with E-state index in [9.17, 15) is 8.96 Å². The summed E-state index contributed by atoms with van der Waals surface area (Å²) in [7, 11) is -3.75. The quantitative estimate of drug-likeness (QED) is 0.595. The molecule has 1 atom stereocenters. The van der Waals surface area contributed by atoms with Crippen LogP contribution in [0.15, 0.2) is 48.7 Å². The van der Waals surface area contributed by atoms with E-state index < -0.39 is 24.6 Å². The summed E-state index contributed by atoms with van der Waals surface area (Å²) in [5.74, 6) is -0.716. The molecule has 0 aliphatic heterocycles. The summed E-state index contributed by atoms with van der Waals surface area (Å²) in [6.45, 7) is 10.9. The van der Waals surface area contributed by atoms with Gasteiger partial charge in [0.25, 0.3) is 0 Å². The Morgan fingerprint density at radius 2 is 1.52 bits per heavy atom. The fraction of sp³-hybridized carbons (Fsp3) is 0.450. The molecule has 1 unspecified atom stereocenters. The summed E-state index contributed by atoms with van der Waals surface area (Å²) >= 11 is 0. The Labute approximate surface area is 160 Å². The van der Waals surface area contributed by atoms with Gasteiger partial charge in [0.05, 0.1) is 11.2 Å². The molecule has 0 saturated carbocycles. The van der Waals surface area contributed by atoms with Crippen LogP contribution in [0.5, 0.6) is 0 Å². The Morgan fingerprint density at radius 1 is 0.963 bits per heavy atom. The molecule has 2 rings (SSSR count). The van der Waals surface area contributed by atoms with Gasteiger partial charge in [-0.05, 0) is 71.4 Å². The summed E-state index contributed by atoms with van der Waals surface area (Å²) < 4.78 is 39.4. The van der Waals surface area contributed by atoms with Gasteiger partial charge in [0, 0.05) is 6.20 Å². The van der Waals surface area contributed by atoms with E-state index in [1.165, 1.54) is 12.1 Å². The Kier molecular flexibility index (Phi) is 6.46. The van der Waals surface area contributed by atoms with E-state index in [0.717, 1.165) is 0 Å². The minimum atomic E-state index is -3.75. The molecular weight excluding hydrogens is 366 g/mol. The normalized spacial score (nSPS) is 14.0. The molecule has 5 nitrogen and oxygen atoms in total. The van der Waals surface area contributed by atoms with Crippen molar-refractivity contribution in [1.82, 2.24) is 4.98 Å². The van der Waals surface area contributed by atoms with E-state index in [0.29, 0.717) is 11.4 Å². The van der Waals surface area contributed by atoms with Crippen LogP contribution in [0.3, 0.4) is 0 Å². The first kappa shape index (κ1) is 21.5. The van der Waals surface area contributed by atoms with E-state index in [1.54, 1.807) is 30.5 Å². The lowest BCUT2D eigenvalue weighted by Gasteiger charge is -2.36. The maximum atomic E-state index is 14.0. The predicted octanol–water partition coefficient (Wildman–Crippen LogP) is 6.15. The van der Waals surface area contributed by atoms with Crippen LogP contribution in [0.2, 0.25) is 0 Å². The highest BCUT2D eigenvalue weighted by Gasteiger charge is 2.44. The largest absolute Gasteiger partial charge is 0.358 e. The van der Waals surface area contributed by atoms with Crippen LogP contribution >= 0.6 is 7.60 Å². The molecule has 1 aromatic heterocycles. The number of hydrogen-bond donors (Lipinski definition) is 1. The fourth-order valence-electron chi connectivity index (χ4n) is 2.47. The number of nitrogens with one attached hydrogen (secondary N) is 1. The molecule has 0 aliphatic rings. The zero-order valence-corrected chi connectivity index (χ0v) is 17.6. The van der Waals surface area contributed by atoms with Crippen molar-refractivity contribution < 1.29 is 18.0 Å². The van der Waals surface area contributed by atoms with Gasteiger partial charge in [0.1, 0.15) is 11.6 Å². The van der Waals surface area contributed by atoms with Crippen molar-refractivity contribution in [3.8, 4) is 0 Å². The lowest BCUT2D eigenvalue weighted by molar-refractivity contribution is 0.0460. The van der Waals surface area contributed by atoms with Crippen molar-refractivity contribution in [3.63, 3.8) is 0 Å². The maximum Gasteiger partial charge on any atom is 0.358 e. The molecule has 27 heavy (non-hydrogen) atoms. The number of aromatic nitrogens is 1. The van der Waals surface area contributed by atoms with Crippen LogP contribution in [0.4, 0.5) is 10.2 Å². The zero-order valence-electron chi connectivity index (χ0n) is 16.7. The van der Waals surface area contributed by atoms with Crippen molar-refractivity contribution in [3.05, 3.63) is 60.0 Å². The molecule has 0 amide bonds. The van der Waals surface area contributed by atoms with Crippen LogP contribution in [-0.4, -0.2) is 16.2 Å². The van der Waals surface area contributed by atoms with Gasteiger partial charge in [0.2, 0.25) is 0 Å². The average Bonchev–Trinajstić information content (AvgIpc) is 2.51. The second-order valence-corrected chi connectivity index (χ2v) is 10.2. The first-order chi connectivity index (χ1) is 12.4. The van der Waals surface area contributed by atoms with E-state index in [1.807, 2.05) is 47.6 Å². The topological polar surface area (TPSA) is 60.5 Å². The average molecular weight is 394 g/mol. The third-order valence-corrected chi connectivity index (χ3v) is 5.92. The van der Waals surface area contributed by atoms with Gasteiger partial charge in [0.15, 0.2) is 5.78 Å². The Morgan fingerprint density at radius 3 is 1.96 bits per heavy atom.